The van der Waals surface area contributed by atoms with E-state index in [0.29, 0.717) is 12.1 Å². The van der Waals surface area contributed by atoms with Crippen LogP contribution < -0.4 is 4.74 Å². The molecular weight excluding hydrogens is 460 g/mol. The molecule has 0 radical (unpaired) electrons. The molecule has 2 aromatic rings. The summed E-state index contributed by atoms with van der Waals surface area (Å²) in [5, 5.41) is 12.0. The number of benzene rings is 1. The van der Waals surface area contributed by atoms with Gasteiger partial charge in [-0.15, -0.1) is 0 Å². The SMILES string of the molecule is CCOc1c(SC(F)(F)Cl)c(C#N)nn1-c1c(Cl)cc(C(F)(F)F)cc1Cl. The second kappa shape index (κ2) is 7.91. The van der Waals surface area contributed by atoms with Crippen LogP contribution in [0, 0.1) is 11.3 Å². The molecule has 0 N–H and O–H groups in total. The number of hydrogen-bond acceptors (Lipinski definition) is 4. The van der Waals surface area contributed by atoms with E-state index in [-0.39, 0.29) is 29.9 Å². The normalized spacial score (nSPS) is 12.1. The second-order valence-electron chi connectivity index (χ2n) is 4.77. The number of aromatic nitrogens is 2. The van der Waals surface area contributed by atoms with E-state index in [4.69, 9.17) is 44.8 Å². The molecule has 0 bridgehead atoms. The van der Waals surface area contributed by atoms with Crippen molar-refractivity contribution < 1.29 is 26.7 Å². The zero-order valence-corrected chi connectivity index (χ0v) is 16.1. The van der Waals surface area contributed by atoms with E-state index in [2.05, 4.69) is 5.10 Å². The molecule has 0 aliphatic carbocycles. The molecule has 0 spiro atoms. The van der Waals surface area contributed by atoms with E-state index in [1.807, 2.05) is 0 Å². The molecule has 0 atom stereocenters. The lowest BCUT2D eigenvalue weighted by molar-refractivity contribution is -0.137. The first kappa shape index (κ1) is 21.9. The Kier molecular flexibility index (Phi) is 6.41. The maximum Gasteiger partial charge on any atom is 0.416 e. The number of hydrogen-bond donors (Lipinski definition) is 0. The molecule has 1 heterocycles. The Morgan fingerprint density at radius 2 is 1.78 bits per heavy atom. The first-order valence-corrected chi connectivity index (χ1v) is 8.82. The van der Waals surface area contributed by atoms with Crippen LogP contribution in [0.2, 0.25) is 10.0 Å². The fourth-order valence-corrected chi connectivity index (χ4v) is 3.54. The third-order valence-electron chi connectivity index (χ3n) is 2.96. The average Bonchev–Trinajstić information content (AvgIpc) is 2.82. The molecule has 0 unspecified atom stereocenters. The van der Waals surface area contributed by atoms with Gasteiger partial charge in [0.1, 0.15) is 16.7 Å². The van der Waals surface area contributed by atoms with Gasteiger partial charge in [0.15, 0.2) is 5.69 Å². The Morgan fingerprint density at radius 3 is 2.19 bits per heavy atom. The summed E-state index contributed by atoms with van der Waals surface area (Å²) in [6.07, 6.45) is -4.71. The Hall–Kier alpha value is -1.41. The molecule has 4 nitrogen and oxygen atoms in total. The number of alkyl halides is 6. The lowest BCUT2D eigenvalue weighted by Gasteiger charge is -2.15. The molecule has 27 heavy (non-hydrogen) atoms. The molecule has 0 aliphatic rings. The molecule has 146 valence electrons. The number of rotatable bonds is 5. The van der Waals surface area contributed by atoms with Crippen LogP contribution in [0.4, 0.5) is 22.0 Å². The Morgan fingerprint density at radius 1 is 1.22 bits per heavy atom. The van der Waals surface area contributed by atoms with Gasteiger partial charge in [-0.25, -0.2) is 0 Å². The first-order chi connectivity index (χ1) is 12.4. The molecule has 0 aliphatic heterocycles. The largest absolute Gasteiger partial charge is 0.477 e. The summed E-state index contributed by atoms with van der Waals surface area (Å²) in [5.41, 5.74) is -1.87. The first-order valence-electron chi connectivity index (χ1n) is 6.87. The Balaban J connectivity index is 2.74. The Labute approximate surface area is 168 Å². The highest BCUT2D eigenvalue weighted by molar-refractivity contribution is 8.01. The highest BCUT2D eigenvalue weighted by atomic mass is 35.5. The average molecular weight is 467 g/mol. The minimum atomic E-state index is -4.71. The molecular formula is C14H7Cl3F5N3OS. The summed E-state index contributed by atoms with van der Waals surface area (Å²) in [4.78, 5) is -0.411. The van der Waals surface area contributed by atoms with Gasteiger partial charge in [0.25, 0.3) is 0 Å². The van der Waals surface area contributed by atoms with E-state index >= 15 is 0 Å². The highest BCUT2D eigenvalue weighted by Crippen LogP contribution is 2.47. The van der Waals surface area contributed by atoms with Crippen molar-refractivity contribution in [3.05, 3.63) is 33.4 Å². The smallest absolute Gasteiger partial charge is 0.416 e. The Bertz CT molecular complexity index is 882. The van der Waals surface area contributed by atoms with Gasteiger partial charge in [0.05, 0.1) is 22.2 Å². The molecule has 0 fully saturated rings. The standard InChI is InChI=1S/C14H7Cl3F5N3OS/c1-2-26-12-11(27-14(17,21)22)9(5-23)24-25(12)10-7(15)3-6(4-8(10)16)13(18,19)20/h3-4H,2H2,1H3. The number of ether oxygens (including phenoxy) is 1. The van der Waals surface area contributed by atoms with Crippen molar-refractivity contribution in [2.75, 3.05) is 6.61 Å². The topological polar surface area (TPSA) is 50.8 Å². The van der Waals surface area contributed by atoms with Crippen LogP contribution in [0.5, 0.6) is 5.88 Å². The summed E-state index contributed by atoms with van der Waals surface area (Å²) >= 11 is 16.5. The fraction of sp³-hybridized carbons (Fsp3) is 0.286. The molecule has 2 rings (SSSR count). The van der Waals surface area contributed by atoms with Crippen molar-refractivity contribution in [2.24, 2.45) is 0 Å². The van der Waals surface area contributed by atoms with Crippen molar-refractivity contribution in [3.63, 3.8) is 0 Å². The van der Waals surface area contributed by atoms with Crippen LogP contribution >= 0.6 is 46.6 Å². The lowest BCUT2D eigenvalue weighted by Crippen LogP contribution is -2.09. The van der Waals surface area contributed by atoms with Gasteiger partial charge in [-0.05, 0) is 42.4 Å². The molecule has 0 saturated carbocycles. The molecule has 13 heteroatoms. The summed E-state index contributed by atoms with van der Waals surface area (Å²) in [5.74, 6) is -0.358. The van der Waals surface area contributed by atoms with Crippen LogP contribution in [-0.2, 0) is 6.18 Å². The van der Waals surface area contributed by atoms with E-state index in [1.165, 1.54) is 6.92 Å². The third-order valence-corrected chi connectivity index (χ3v) is 4.57. The molecule has 0 saturated heterocycles. The minimum Gasteiger partial charge on any atom is -0.477 e. The number of nitriles is 1. The number of halogens is 8. The van der Waals surface area contributed by atoms with E-state index in [9.17, 15) is 22.0 Å². The minimum absolute atomic E-state index is 0.0339. The van der Waals surface area contributed by atoms with Gasteiger partial charge in [-0.1, -0.05) is 23.2 Å². The fourth-order valence-electron chi connectivity index (χ4n) is 2.02. The maximum absolute atomic E-state index is 13.2. The number of nitrogens with zero attached hydrogens (tertiary/aromatic N) is 3. The van der Waals surface area contributed by atoms with Crippen LogP contribution in [0.3, 0.4) is 0 Å². The van der Waals surface area contributed by atoms with Crippen molar-refractivity contribution in [1.82, 2.24) is 9.78 Å². The van der Waals surface area contributed by atoms with Gasteiger partial charge in [0.2, 0.25) is 5.88 Å². The van der Waals surface area contributed by atoms with Crippen molar-refractivity contribution >= 4 is 46.6 Å². The molecule has 1 aromatic heterocycles. The van der Waals surface area contributed by atoms with Crippen LogP contribution in [0.15, 0.2) is 17.0 Å². The predicted octanol–water partition coefficient (Wildman–Crippen LogP) is 6.35. The predicted molar refractivity (Wildman–Crippen MR) is 91.1 cm³/mol. The van der Waals surface area contributed by atoms with Gasteiger partial charge in [-0.3, -0.25) is 0 Å². The maximum atomic E-state index is 13.2. The quantitative estimate of drug-likeness (QED) is 0.293. The monoisotopic (exact) mass is 465 g/mol. The summed E-state index contributed by atoms with van der Waals surface area (Å²) in [6.45, 7) is 1.49. The zero-order chi connectivity index (χ0) is 20.6. The van der Waals surface area contributed by atoms with Crippen LogP contribution in [0.1, 0.15) is 18.2 Å². The van der Waals surface area contributed by atoms with Gasteiger partial charge in [-0.2, -0.15) is 37.0 Å². The lowest BCUT2D eigenvalue weighted by atomic mass is 10.2. The van der Waals surface area contributed by atoms with E-state index < -0.39 is 37.1 Å². The second-order valence-corrected chi connectivity index (χ2v) is 7.41. The summed E-state index contributed by atoms with van der Waals surface area (Å²) in [6, 6.07) is 2.78. The highest BCUT2D eigenvalue weighted by Gasteiger charge is 2.36. The van der Waals surface area contributed by atoms with Gasteiger partial charge < -0.3 is 4.74 Å². The van der Waals surface area contributed by atoms with Crippen LogP contribution in [0.25, 0.3) is 5.69 Å². The zero-order valence-electron chi connectivity index (χ0n) is 13.0. The van der Waals surface area contributed by atoms with Gasteiger partial charge in [0, 0.05) is 0 Å². The third kappa shape index (κ3) is 4.90. The van der Waals surface area contributed by atoms with E-state index in [1.54, 1.807) is 6.07 Å². The van der Waals surface area contributed by atoms with Crippen molar-refractivity contribution in [2.45, 2.75) is 22.7 Å². The summed E-state index contributed by atoms with van der Waals surface area (Å²) in [7, 11) is 0. The summed E-state index contributed by atoms with van der Waals surface area (Å²) < 4.78 is 67.4. The van der Waals surface area contributed by atoms with Crippen LogP contribution in [-0.4, -0.2) is 21.1 Å². The molecule has 0 amide bonds. The van der Waals surface area contributed by atoms with Gasteiger partial charge >= 0.3 is 10.9 Å². The number of thioether (sulfide) groups is 1. The molecule has 1 aromatic carbocycles. The van der Waals surface area contributed by atoms with E-state index in [0.717, 1.165) is 4.68 Å². The van der Waals surface area contributed by atoms with Crippen molar-refractivity contribution in [1.29, 1.82) is 5.26 Å². The van der Waals surface area contributed by atoms with Crippen molar-refractivity contribution in [3.8, 4) is 17.6 Å².